The number of fused-ring (bicyclic) bond motifs is 2. The molecule has 2 amide bonds. The zero-order valence-corrected chi connectivity index (χ0v) is 17.1. The van der Waals surface area contributed by atoms with Crippen molar-refractivity contribution in [2.24, 2.45) is 11.7 Å². The Bertz CT molecular complexity index is 1190. The molecule has 11 nitrogen and oxygen atoms in total. The van der Waals surface area contributed by atoms with Gasteiger partial charge in [0.05, 0.1) is 11.2 Å². The summed E-state index contributed by atoms with van der Waals surface area (Å²) in [7, 11) is 0. The molecule has 2 aliphatic rings. The highest BCUT2D eigenvalue weighted by molar-refractivity contribution is 6.08. The van der Waals surface area contributed by atoms with Gasteiger partial charge in [-0.1, -0.05) is 6.07 Å². The minimum Gasteiger partial charge on any atom is -0.482 e. The molecule has 3 aromatic rings. The Morgan fingerprint density at radius 1 is 1.28 bits per heavy atom. The van der Waals surface area contributed by atoms with Gasteiger partial charge in [-0.2, -0.15) is 0 Å². The third kappa shape index (κ3) is 4.67. The molecule has 5 rings (SSSR count). The Morgan fingerprint density at radius 2 is 2.09 bits per heavy atom. The molecule has 166 valence electrons. The predicted molar refractivity (Wildman–Crippen MR) is 114 cm³/mol. The lowest BCUT2D eigenvalue weighted by molar-refractivity contribution is -0.118. The van der Waals surface area contributed by atoms with Crippen LogP contribution in [0, 0.1) is 5.92 Å². The fourth-order valence-electron chi connectivity index (χ4n) is 3.13. The van der Waals surface area contributed by atoms with Crippen molar-refractivity contribution in [3.8, 4) is 5.75 Å². The van der Waals surface area contributed by atoms with Crippen LogP contribution < -0.4 is 21.1 Å². The molecule has 0 atom stereocenters. The SMILES string of the molecule is NCC1CC1.O=C1COc2ccc(CNC(=O)c3ncnc4c(C(=O)O)c[nH]c34)cc2N1. The number of aromatic nitrogens is 3. The molecule has 0 radical (unpaired) electrons. The number of hydrogen-bond acceptors (Lipinski definition) is 7. The number of nitrogens with one attached hydrogen (secondary N) is 3. The second-order valence-corrected chi connectivity index (χ2v) is 7.48. The standard InChI is InChI=1S/C17H13N5O5.C4H9N/c23-12-6-27-11-2-1-8(3-10(11)22-12)4-19-16(24)15-14-13(20-7-21-15)9(5-18-14)17(25)26;5-3-4-1-2-4/h1-3,5,7,18H,4,6H2,(H,19,24)(H,22,23)(H,25,26);4H,1-3,5H2. The number of H-pyrrole nitrogens is 1. The Hall–Kier alpha value is -3.99. The van der Waals surface area contributed by atoms with Gasteiger partial charge in [0, 0.05) is 12.7 Å². The summed E-state index contributed by atoms with van der Waals surface area (Å²) in [6.45, 7) is 1.07. The van der Waals surface area contributed by atoms with Crippen LogP contribution in [0.15, 0.2) is 30.7 Å². The molecule has 0 unspecified atom stereocenters. The zero-order chi connectivity index (χ0) is 22.7. The Kier molecular flexibility index (Phi) is 5.99. The smallest absolute Gasteiger partial charge is 0.339 e. The van der Waals surface area contributed by atoms with Gasteiger partial charge in [0.1, 0.15) is 23.2 Å². The van der Waals surface area contributed by atoms with Gasteiger partial charge in [0.2, 0.25) is 0 Å². The number of nitrogens with zero attached hydrogens (tertiary/aromatic N) is 2. The van der Waals surface area contributed by atoms with Gasteiger partial charge < -0.3 is 31.2 Å². The summed E-state index contributed by atoms with van der Waals surface area (Å²) in [5.41, 5.74) is 6.94. The van der Waals surface area contributed by atoms with Crippen molar-refractivity contribution >= 4 is 34.5 Å². The molecule has 0 saturated heterocycles. The number of hydrogen-bond donors (Lipinski definition) is 5. The number of aromatic carboxylic acids is 1. The largest absolute Gasteiger partial charge is 0.482 e. The van der Waals surface area contributed by atoms with Gasteiger partial charge in [-0.05, 0) is 43.0 Å². The summed E-state index contributed by atoms with van der Waals surface area (Å²) in [6, 6.07) is 5.19. The summed E-state index contributed by atoms with van der Waals surface area (Å²) >= 11 is 0. The van der Waals surface area contributed by atoms with Gasteiger partial charge in [0.15, 0.2) is 12.3 Å². The van der Waals surface area contributed by atoms with Crippen molar-refractivity contribution in [1.29, 1.82) is 0 Å². The van der Waals surface area contributed by atoms with Crippen molar-refractivity contribution in [1.82, 2.24) is 20.3 Å². The summed E-state index contributed by atoms with van der Waals surface area (Å²) in [6.07, 6.45) is 5.18. The van der Waals surface area contributed by atoms with Crippen LogP contribution in [0.2, 0.25) is 0 Å². The van der Waals surface area contributed by atoms with Crippen LogP contribution in [-0.2, 0) is 11.3 Å². The van der Waals surface area contributed by atoms with Crippen molar-refractivity contribution in [2.75, 3.05) is 18.5 Å². The van der Waals surface area contributed by atoms with Crippen molar-refractivity contribution in [2.45, 2.75) is 19.4 Å². The number of carboxylic acids is 1. The van der Waals surface area contributed by atoms with Gasteiger partial charge in [-0.15, -0.1) is 0 Å². The number of rotatable bonds is 5. The first-order valence-corrected chi connectivity index (χ1v) is 10.1. The number of aromatic amines is 1. The van der Waals surface area contributed by atoms with Crippen LogP contribution in [0.1, 0.15) is 39.3 Å². The molecule has 32 heavy (non-hydrogen) atoms. The van der Waals surface area contributed by atoms with Crippen LogP contribution >= 0.6 is 0 Å². The first-order chi connectivity index (χ1) is 15.5. The van der Waals surface area contributed by atoms with E-state index in [1.54, 1.807) is 18.2 Å². The number of benzene rings is 1. The fourth-order valence-corrected chi connectivity index (χ4v) is 3.13. The second-order valence-electron chi connectivity index (χ2n) is 7.48. The van der Waals surface area contributed by atoms with E-state index in [1.807, 2.05) is 0 Å². The molecule has 0 bridgehead atoms. The minimum absolute atomic E-state index is 0.0265. The maximum atomic E-state index is 12.5. The Labute approximate surface area is 182 Å². The number of nitrogens with two attached hydrogens (primary N) is 1. The number of carbonyl (C=O) groups is 3. The lowest BCUT2D eigenvalue weighted by atomic mass is 10.1. The highest BCUT2D eigenvalue weighted by atomic mass is 16.5. The number of anilines is 1. The molecule has 3 heterocycles. The molecular weight excluding hydrogens is 416 g/mol. The van der Waals surface area contributed by atoms with Crippen LogP contribution in [0.4, 0.5) is 5.69 Å². The number of ether oxygens (including phenoxy) is 1. The molecule has 1 aromatic carbocycles. The first kappa shape index (κ1) is 21.2. The van der Waals surface area contributed by atoms with E-state index in [4.69, 9.17) is 15.6 Å². The third-order valence-electron chi connectivity index (χ3n) is 5.07. The summed E-state index contributed by atoms with van der Waals surface area (Å²) in [4.78, 5) is 45.7. The second kappa shape index (κ2) is 9.02. The molecule has 1 aliphatic carbocycles. The van der Waals surface area contributed by atoms with Gasteiger partial charge in [-0.25, -0.2) is 14.8 Å². The molecule has 11 heteroatoms. The lowest BCUT2D eigenvalue weighted by Gasteiger charge is -2.18. The van der Waals surface area contributed by atoms with Gasteiger partial charge in [-0.3, -0.25) is 9.59 Å². The van der Waals surface area contributed by atoms with Crippen LogP contribution in [0.5, 0.6) is 5.75 Å². The van der Waals surface area contributed by atoms with E-state index in [0.717, 1.165) is 24.4 Å². The van der Waals surface area contributed by atoms with E-state index in [9.17, 15) is 14.4 Å². The maximum absolute atomic E-state index is 12.5. The Balaban J connectivity index is 0.000000433. The van der Waals surface area contributed by atoms with Crippen LogP contribution in [0.25, 0.3) is 11.0 Å². The predicted octanol–water partition coefficient (Wildman–Crippen LogP) is 1.27. The van der Waals surface area contributed by atoms with Crippen molar-refractivity contribution < 1.29 is 24.2 Å². The van der Waals surface area contributed by atoms with Crippen molar-refractivity contribution in [3.63, 3.8) is 0 Å². The molecule has 1 aliphatic heterocycles. The maximum Gasteiger partial charge on any atom is 0.339 e. The van der Waals surface area contributed by atoms with Gasteiger partial charge in [0.25, 0.3) is 11.8 Å². The van der Waals surface area contributed by atoms with Crippen LogP contribution in [0.3, 0.4) is 0 Å². The van der Waals surface area contributed by atoms with Crippen molar-refractivity contribution in [3.05, 3.63) is 47.5 Å². The summed E-state index contributed by atoms with van der Waals surface area (Å²) < 4.78 is 5.29. The van der Waals surface area contributed by atoms with E-state index in [2.05, 4.69) is 25.6 Å². The van der Waals surface area contributed by atoms with Gasteiger partial charge >= 0.3 is 5.97 Å². The molecule has 1 fully saturated rings. The lowest BCUT2D eigenvalue weighted by Crippen LogP contribution is -2.26. The molecule has 6 N–H and O–H groups in total. The summed E-state index contributed by atoms with van der Waals surface area (Å²) in [5, 5.41) is 14.6. The third-order valence-corrected chi connectivity index (χ3v) is 5.07. The van der Waals surface area contributed by atoms with E-state index < -0.39 is 11.9 Å². The van der Waals surface area contributed by atoms with E-state index >= 15 is 0 Å². The average Bonchev–Trinajstić information content (AvgIpc) is 3.54. The highest BCUT2D eigenvalue weighted by Crippen LogP contribution is 2.28. The Morgan fingerprint density at radius 3 is 2.78 bits per heavy atom. The van der Waals surface area contributed by atoms with Crippen LogP contribution in [-0.4, -0.2) is 51.0 Å². The number of amides is 2. The normalized spacial score (nSPS) is 14.5. The zero-order valence-electron chi connectivity index (χ0n) is 17.1. The first-order valence-electron chi connectivity index (χ1n) is 10.1. The number of carboxylic acid groups (broad SMARTS) is 1. The molecular formula is C21H22N6O5. The average molecular weight is 438 g/mol. The number of carbonyl (C=O) groups excluding carboxylic acids is 2. The monoisotopic (exact) mass is 438 g/mol. The van der Waals surface area contributed by atoms with E-state index in [1.165, 1.54) is 19.0 Å². The quantitative estimate of drug-likeness (QED) is 0.396. The summed E-state index contributed by atoms with van der Waals surface area (Å²) in [5.74, 6) is -0.401. The minimum atomic E-state index is -1.15. The molecule has 1 saturated carbocycles. The molecule has 2 aromatic heterocycles. The fraction of sp³-hybridized carbons (Fsp3) is 0.286. The highest BCUT2D eigenvalue weighted by Gasteiger charge is 2.20. The van der Waals surface area contributed by atoms with E-state index in [-0.39, 0.29) is 41.3 Å². The topological polar surface area (TPSA) is 172 Å². The molecule has 0 spiro atoms. The van der Waals surface area contributed by atoms with E-state index in [0.29, 0.717) is 11.4 Å².